The molecule has 94 valence electrons. The lowest BCUT2D eigenvalue weighted by Crippen LogP contribution is -2.02. The number of anilines is 1. The van der Waals surface area contributed by atoms with Crippen LogP contribution in [0.25, 0.3) is 0 Å². The lowest BCUT2D eigenvalue weighted by molar-refractivity contribution is 0.584. The summed E-state index contributed by atoms with van der Waals surface area (Å²) in [7, 11) is 0. The zero-order chi connectivity index (χ0) is 13.1. The normalized spacial score (nSPS) is 10.4. The van der Waals surface area contributed by atoms with Crippen molar-refractivity contribution in [3.63, 3.8) is 0 Å². The largest absolute Gasteiger partial charge is 0.381 e. The second-order valence-electron chi connectivity index (χ2n) is 4.08. The van der Waals surface area contributed by atoms with Crippen LogP contribution in [-0.4, -0.2) is 0 Å². The smallest absolute Gasteiger partial charge is 0.128 e. The van der Waals surface area contributed by atoms with Gasteiger partial charge in [0, 0.05) is 23.3 Å². The van der Waals surface area contributed by atoms with Gasteiger partial charge in [-0.15, -0.1) is 0 Å². The average Bonchev–Trinajstić information content (AvgIpc) is 2.26. The standard InChI is InChI=1S/C14H12ClF2N/c1-9-4-11(15)3-2-10(9)8-18-14-6-12(16)5-13(17)7-14/h2-7,18H,8H2,1H3. The zero-order valence-corrected chi connectivity index (χ0v) is 10.6. The molecule has 0 bridgehead atoms. The minimum atomic E-state index is -0.592. The van der Waals surface area contributed by atoms with Crippen molar-refractivity contribution in [1.82, 2.24) is 0 Å². The highest BCUT2D eigenvalue weighted by atomic mass is 35.5. The first kappa shape index (κ1) is 12.8. The maximum atomic E-state index is 13.0. The van der Waals surface area contributed by atoms with Gasteiger partial charge in [0.2, 0.25) is 0 Å². The molecule has 0 aliphatic heterocycles. The first-order chi connectivity index (χ1) is 8.54. The molecule has 1 N–H and O–H groups in total. The molecule has 0 aliphatic carbocycles. The second-order valence-corrected chi connectivity index (χ2v) is 4.52. The molecule has 2 rings (SSSR count). The lowest BCUT2D eigenvalue weighted by Gasteiger charge is -2.09. The molecule has 4 heteroatoms. The Balaban J connectivity index is 2.11. The molecule has 0 heterocycles. The Morgan fingerprint density at radius 1 is 1.06 bits per heavy atom. The number of nitrogens with one attached hydrogen (secondary N) is 1. The van der Waals surface area contributed by atoms with E-state index in [4.69, 9.17) is 11.6 Å². The van der Waals surface area contributed by atoms with Crippen LogP contribution in [0.5, 0.6) is 0 Å². The molecular formula is C14H12ClF2N. The summed E-state index contributed by atoms with van der Waals surface area (Å²) in [6.07, 6.45) is 0. The molecule has 0 amide bonds. The highest BCUT2D eigenvalue weighted by Gasteiger charge is 2.02. The molecule has 2 aromatic rings. The molecule has 0 spiro atoms. The van der Waals surface area contributed by atoms with Gasteiger partial charge < -0.3 is 5.32 Å². The van der Waals surface area contributed by atoms with Crippen molar-refractivity contribution >= 4 is 17.3 Å². The van der Waals surface area contributed by atoms with E-state index in [1.807, 2.05) is 19.1 Å². The van der Waals surface area contributed by atoms with Gasteiger partial charge in [0.15, 0.2) is 0 Å². The fourth-order valence-corrected chi connectivity index (χ4v) is 1.94. The number of aryl methyl sites for hydroxylation is 1. The monoisotopic (exact) mass is 267 g/mol. The van der Waals surface area contributed by atoms with Crippen LogP contribution in [0.1, 0.15) is 11.1 Å². The van der Waals surface area contributed by atoms with Crippen molar-refractivity contribution in [3.05, 3.63) is 64.2 Å². The third-order valence-electron chi connectivity index (χ3n) is 2.65. The summed E-state index contributed by atoms with van der Waals surface area (Å²) in [6.45, 7) is 2.43. The Hall–Kier alpha value is -1.61. The lowest BCUT2D eigenvalue weighted by atomic mass is 10.1. The number of halogens is 3. The van der Waals surface area contributed by atoms with E-state index in [2.05, 4.69) is 5.32 Å². The third-order valence-corrected chi connectivity index (χ3v) is 2.89. The highest BCUT2D eigenvalue weighted by molar-refractivity contribution is 6.30. The van der Waals surface area contributed by atoms with Gasteiger partial charge in [-0.3, -0.25) is 0 Å². The molecule has 0 fully saturated rings. The SMILES string of the molecule is Cc1cc(Cl)ccc1CNc1cc(F)cc(F)c1. The molecule has 0 aromatic heterocycles. The van der Waals surface area contributed by atoms with Crippen molar-refractivity contribution < 1.29 is 8.78 Å². The zero-order valence-electron chi connectivity index (χ0n) is 9.81. The van der Waals surface area contributed by atoms with Crippen LogP contribution in [0, 0.1) is 18.6 Å². The second kappa shape index (κ2) is 5.36. The molecular weight excluding hydrogens is 256 g/mol. The Kier molecular flexibility index (Phi) is 3.82. The van der Waals surface area contributed by atoms with Gasteiger partial charge in [-0.25, -0.2) is 8.78 Å². The van der Waals surface area contributed by atoms with Gasteiger partial charge in [0.05, 0.1) is 0 Å². The predicted octanol–water partition coefficient (Wildman–Crippen LogP) is 4.54. The molecule has 2 aromatic carbocycles. The number of hydrogen-bond acceptors (Lipinski definition) is 1. The Labute approximate surface area is 109 Å². The first-order valence-electron chi connectivity index (χ1n) is 5.49. The summed E-state index contributed by atoms with van der Waals surface area (Å²) in [5.41, 5.74) is 2.48. The first-order valence-corrected chi connectivity index (χ1v) is 5.87. The van der Waals surface area contributed by atoms with Crippen molar-refractivity contribution in [1.29, 1.82) is 0 Å². The number of hydrogen-bond donors (Lipinski definition) is 1. The number of benzene rings is 2. The van der Waals surface area contributed by atoms with Crippen LogP contribution < -0.4 is 5.32 Å². The van der Waals surface area contributed by atoms with Gasteiger partial charge in [0.1, 0.15) is 11.6 Å². The Morgan fingerprint density at radius 2 is 1.72 bits per heavy atom. The third kappa shape index (κ3) is 3.20. The maximum Gasteiger partial charge on any atom is 0.128 e. The van der Waals surface area contributed by atoms with Crippen molar-refractivity contribution in [2.75, 3.05) is 5.32 Å². The Bertz CT molecular complexity index is 549. The van der Waals surface area contributed by atoms with Crippen molar-refractivity contribution in [3.8, 4) is 0 Å². The quantitative estimate of drug-likeness (QED) is 0.861. The van der Waals surface area contributed by atoms with E-state index in [9.17, 15) is 8.78 Å². The predicted molar refractivity (Wildman–Crippen MR) is 69.9 cm³/mol. The fraction of sp³-hybridized carbons (Fsp3) is 0.143. The summed E-state index contributed by atoms with van der Waals surface area (Å²) < 4.78 is 26.0. The summed E-state index contributed by atoms with van der Waals surface area (Å²) in [5.74, 6) is -1.18. The van der Waals surface area contributed by atoms with E-state index >= 15 is 0 Å². The van der Waals surface area contributed by atoms with Gasteiger partial charge >= 0.3 is 0 Å². The van der Waals surface area contributed by atoms with Crippen LogP contribution in [0.2, 0.25) is 5.02 Å². The van der Waals surface area contributed by atoms with Gasteiger partial charge in [-0.05, 0) is 42.3 Å². The molecule has 0 saturated heterocycles. The topological polar surface area (TPSA) is 12.0 Å². The van der Waals surface area contributed by atoms with Crippen LogP contribution in [-0.2, 0) is 6.54 Å². The molecule has 1 nitrogen and oxygen atoms in total. The van der Waals surface area contributed by atoms with Crippen LogP contribution in [0.3, 0.4) is 0 Å². The Morgan fingerprint density at radius 3 is 2.33 bits per heavy atom. The number of rotatable bonds is 3. The molecule has 0 aliphatic rings. The van der Waals surface area contributed by atoms with Crippen molar-refractivity contribution in [2.24, 2.45) is 0 Å². The van der Waals surface area contributed by atoms with E-state index in [0.29, 0.717) is 17.3 Å². The summed E-state index contributed by atoms with van der Waals surface area (Å²) in [4.78, 5) is 0. The fourth-order valence-electron chi connectivity index (χ4n) is 1.71. The van der Waals surface area contributed by atoms with Gasteiger partial charge in [-0.1, -0.05) is 17.7 Å². The van der Waals surface area contributed by atoms with Gasteiger partial charge in [0.25, 0.3) is 0 Å². The minimum absolute atomic E-state index is 0.418. The van der Waals surface area contributed by atoms with E-state index in [1.165, 1.54) is 12.1 Å². The van der Waals surface area contributed by atoms with Gasteiger partial charge in [-0.2, -0.15) is 0 Å². The molecule has 0 unspecified atom stereocenters. The molecule has 0 atom stereocenters. The summed E-state index contributed by atoms with van der Waals surface area (Å²) >= 11 is 5.86. The maximum absolute atomic E-state index is 13.0. The van der Waals surface area contributed by atoms with E-state index in [1.54, 1.807) is 6.07 Å². The van der Waals surface area contributed by atoms with E-state index in [0.717, 1.165) is 17.2 Å². The molecule has 0 radical (unpaired) electrons. The van der Waals surface area contributed by atoms with Crippen LogP contribution in [0.15, 0.2) is 36.4 Å². The molecule has 0 saturated carbocycles. The van der Waals surface area contributed by atoms with E-state index in [-0.39, 0.29) is 0 Å². The highest BCUT2D eigenvalue weighted by Crippen LogP contribution is 2.18. The minimum Gasteiger partial charge on any atom is -0.381 e. The average molecular weight is 268 g/mol. The summed E-state index contributed by atoms with van der Waals surface area (Å²) in [5, 5.41) is 3.65. The van der Waals surface area contributed by atoms with E-state index < -0.39 is 11.6 Å². The molecule has 18 heavy (non-hydrogen) atoms. The van der Waals surface area contributed by atoms with Crippen LogP contribution in [0.4, 0.5) is 14.5 Å². The van der Waals surface area contributed by atoms with Crippen LogP contribution >= 0.6 is 11.6 Å². The van der Waals surface area contributed by atoms with Crippen molar-refractivity contribution in [2.45, 2.75) is 13.5 Å². The summed E-state index contributed by atoms with van der Waals surface area (Å²) in [6, 6.07) is 8.89.